The Morgan fingerprint density at radius 3 is 2.53 bits per heavy atom. The first-order valence-electron chi connectivity index (χ1n) is 4.59. The summed E-state index contributed by atoms with van der Waals surface area (Å²) in [6, 6.07) is 4.03. The molecule has 0 atom stereocenters. The highest BCUT2D eigenvalue weighted by molar-refractivity contribution is 9.10. The van der Waals surface area contributed by atoms with Crippen molar-refractivity contribution >= 4 is 27.4 Å². The lowest BCUT2D eigenvalue weighted by Gasteiger charge is -2.07. The zero-order valence-electron chi connectivity index (χ0n) is 8.35. The van der Waals surface area contributed by atoms with Gasteiger partial charge in [0, 0.05) is 16.7 Å². The van der Waals surface area contributed by atoms with Crippen molar-refractivity contribution in [2.45, 2.75) is 0 Å². The van der Waals surface area contributed by atoms with Gasteiger partial charge < -0.3 is 5.32 Å². The number of nitrogens with zero attached hydrogens (tertiary/aromatic N) is 1. The minimum absolute atomic E-state index is 0.168. The smallest absolute Gasteiger partial charge is 0.166 e. The van der Waals surface area contributed by atoms with E-state index in [-0.39, 0.29) is 11.5 Å². The molecule has 0 radical (unpaired) electrons. The van der Waals surface area contributed by atoms with Gasteiger partial charge in [-0.2, -0.15) is 0 Å². The van der Waals surface area contributed by atoms with Gasteiger partial charge in [-0.05, 0) is 34.1 Å². The number of hydrogen-bond donors (Lipinski definition) is 1. The second-order valence-corrected chi connectivity index (χ2v) is 4.15. The van der Waals surface area contributed by atoms with Crippen molar-refractivity contribution in [1.29, 1.82) is 0 Å². The Morgan fingerprint density at radius 2 is 1.82 bits per heavy atom. The van der Waals surface area contributed by atoms with E-state index >= 15 is 0 Å². The van der Waals surface area contributed by atoms with Crippen LogP contribution in [0.4, 0.5) is 24.7 Å². The lowest BCUT2D eigenvalue weighted by atomic mass is 10.3. The molecule has 0 aliphatic carbocycles. The molecular weight excluding hydrogens is 297 g/mol. The Balaban J connectivity index is 2.34. The molecule has 0 aliphatic rings. The zero-order chi connectivity index (χ0) is 12.4. The van der Waals surface area contributed by atoms with Gasteiger partial charge in [-0.3, -0.25) is 0 Å². The van der Waals surface area contributed by atoms with Crippen molar-refractivity contribution in [1.82, 2.24) is 4.98 Å². The molecule has 1 heterocycles. The lowest BCUT2D eigenvalue weighted by Crippen LogP contribution is -1.99. The lowest BCUT2D eigenvalue weighted by molar-refractivity contribution is 0.601. The number of pyridine rings is 1. The van der Waals surface area contributed by atoms with Gasteiger partial charge in [0.05, 0.1) is 5.69 Å². The fourth-order valence-corrected chi connectivity index (χ4v) is 1.53. The van der Waals surface area contributed by atoms with E-state index < -0.39 is 17.5 Å². The van der Waals surface area contributed by atoms with Gasteiger partial charge in [0.1, 0.15) is 11.6 Å². The number of aromatic nitrogens is 1. The van der Waals surface area contributed by atoms with Crippen LogP contribution in [0.3, 0.4) is 0 Å². The molecule has 0 bridgehead atoms. The molecule has 2 rings (SSSR count). The summed E-state index contributed by atoms with van der Waals surface area (Å²) >= 11 is 3.04. The van der Waals surface area contributed by atoms with E-state index in [1.807, 2.05) is 0 Å². The van der Waals surface area contributed by atoms with Crippen LogP contribution in [0.15, 0.2) is 34.9 Å². The molecule has 17 heavy (non-hydrogen) atoms. The average Bonchev–Trinajstić information content (AvgIpc) is 2.27. The Labute approximate surface area is 104 Å². The van der Waals surface area contributed by atoms with E-state index in [2.05, 4.69) is 26.2 Å². The van der Waals surface area contributed by atoms with Crippen LogP contribution in [0.1, 0.15) is 0 Å². The molecule has 2 nitrogen and oxygen atoms in total. The van der Waals surface area contributed by atoms with Crippen molar-refractivity contribution in [3.8, 4) is 0 Å². The molecule has 0 aliphatic heterocycles. The first-order chi connectivity index (χ1) is 8.06. The fraction of sp³-hybridized carbons (Fsp3) is 0. The average molecular weight is 303 g/mol. The summed E-state index contributed by atoms with van der Waals surface area (Å²) in [6.45, 7) is 0. The van der Waals surface area contributed by atoms with Crippen molar-refractivity contribution in [3.05, 3.63) is 52.4 Å². The van der Waals surface area contributed by atoms with E-state index in [1.54, 1.807) is 0 Å². The van der Waals surface area contributed by atoms with E-state index in [4.69, 9.17) is 0 Å². The van der Waals surface area contributed by atoms with E-state index in [0.717, 1.165) is 18.2 Å². The quantitative estimate of drug-likeness (QED) is 0.907. The van der Waals surface area contributed by atoms with Crippen molar-refractivity contribution in [2.75, 3.05) is 5.32 Å². The molecule has 88 valence electrons. The molecule has 2 aromatic rings. The molecule has 0 fully saturated rings. The third-order valence-electron chi connectivity index (χ3n) is 1.99. The highest BCUT2D eigenvalue weighted by Gasteiger charge is 2.08. The van der Waals surface area contributed by atoms with Gasteiger partial charge in [-0.25, -0.2) is 18.2 Å². The third-order valence-corrected chi connectivity index (χ3v) is 2.42. The van der Waals surface area contributed by atoms with Gasteiger partial charge >= 0.3 is 0 Å². The molecule has 0 saturated heterocycles. The number of hydrogen-bond acceptors (Lipinski definition) is 2. The molecular formula is C11H6BrF3N2. The normalized spacial score (nSPS) is 10.4. The predicted molar refractivity (Wildman–Crippen MR) is 61.5 cm³/mol. The Morgan fingerprint density at radius 1 is 1.06 bits per heavy atom. The van der Waals surface area contributed by atoms with Crippen LogP contribution in [-0.4, -0.2) is 4.98 Å². The first-order valence-corrected chi connectivity index (χ1v) is 5.38. The van der Waals surface area contributed by atoms with Crippen LogP contribution >= 0.6 is 15.9 Å². The Hall–Kier alpha value is -1.56. The van der Waals surface area contributed by atoms with Crippen LogP contribution in [0.25, 0.3) is 0 Å². The standard InChI is InChI=1S/C11H6BrF3N2/c12-6-3-9(15)11(16-5-6)17-10-4-7(13)1-2-8(10)14/h1-5H,(H,16,17). The summed E-state index contributed by atoms with van der Waals surface area (Å²) in [7, 11) is 0. The Bertz CT molecular complexity index is 560. The topological polar surface area (TPSA) is 24.9 Å². The highest BCUT2D eigenvalue weighted by atomic mass is 79.9. The van der Waals surface area contributed by atoms with Crippen molar-refractivity contribution < 1.29 is 13.2 Å². The number of benzene rings is 1. The molecule has 0 unspecified atom stereocenters. The van der Waals surface area contributed by atoms with Gasteiger partial charge in [0.25, 0.3) is 0 Å². The maximum Gasteiger partial charge on any atom is 0.166 e. The van der Waals surface area contributed by atoms with Crippen LogP contribution in [0, 0.1) is 17.5 Å². The minimum Gasteiger partial charge on any atom is -0.335 e. The zero-order valence-corrected chi connectivity index (χ0v) is 9.93. The predicted octanol–water partition coefficient (Wildman–Crippen LogP) is 4.01. The van der Waals surface area contributed by atoms with Gasteiger partial charge in [0.15, 0.2) is 11.6 Å². The summed E-state index contributed by atoms with van der Waals surface area (Å²) in [4.78, 5) is 3.72. The van der Waals surface area contributed by atoms with E-state index in [9.17, 15) is 13.2 Å². The summed E-state index contributed by atoms with van der Waals surface area (Å²) < 4.78 is 40.0. The highest BCUT2D eigenvalue weighted by Crippen LogP contribution is 2.23. The van der Waals surface area contributed by atoms with E-state index in [1.165, 1.54) is 12.3 Å². The number of nitrogens with one attached hydrogen (secondary N) is 1. The first kappa shape index (κ1) is 11.9. The second kappa shape index (κ2) is 4.75. The van der Waals surface area contributed by atoms with Crippen LogP contribution in [0.5, 0.6) is 0 Å². The van der Waals surface area contributed by atoms with Gasteiger partial charge in [-0.1, -0.05) is 0 Å². The number of rotatable bonds is 2. The van der Waals surface area contributed by atoms with Crippen LogP contribution < -0.4 is 5.32 Å². The molecule has 0 saturated carbocycles. The summed E-state index contributed by atoms with van der Waals surface area (Å²) in [5.74, 6) is -2.14. The fourth-order valence-electron chi connectivity index (χ4n) is 1.23. The van der Waals surface area contributed by atoms with Crippen molar-refractivity contribution in [2.24, 2.45) is 0 Å². The third kappa shape index (κ3) is 2.76. The Kier molecular flexibility index (Phi) is 3.33. The van der Waals surface area contributed by atoms with Crippen LogP contribution in [-0.2, 0) is 0 Å². The summed E-state index contributed by atoms with van der Waals surface area (Å²) in [6.07, 6.45) is 1.35. The number of anilines is 2. The molecule has 6 heteroatoms. The monoisotopic (exact) mass is 302 g/mol. The maximum absolute atomic E-state index is 13.4. The molecule has 0 amide bonds. The molecule has 1 N–H and O–H groups in total. The van der Waals surface area contributed by atoms with Gasteiger partial charge in [0.2, 0.25) is 0 Å². The van der Waals surface area contributed by atoms with Crippen LogP contribution in [0.2, 0.25) is 0 Å². The molecule has 1 aromatic carbocycles. The molecule has 0 spiro atoms. The van der Waals surface area contributed by atoms with E-state index in [0.29, 0.717) is 4.47 Å². The summed E-state index contributed by atoms with van der Waals surface area (Å²) in [5, 5.41) is 2.39. The van der Waals surface area contributed by atoms with Crippen molar-refractivity contribution in [3.63, 3.8) is 0 Å². The molecule has 1 aromatic heterocycles. The number of halogens is 4. The second-order valence-electron chi connectivity index (χ2n) is 3.23. The summed E-state index contributed by atoms with van der Waals surface area (Å²) in [5.41, 5.74) is -0.168. The SMILES string of the molecule is Fc1ccc(F)c(Nc2ncc(Br)cc2F)c1. The van der Waals surface area contributed by atoms with Gasteiger partial charge in [-0.15, -0.1) is 0 Å². The maximum atomic E-state index is 13.4. The largest absolute Gasteiger partial charge is 0.335 e. The minimum atomic E-state index is -0.685.